The van der Waals surface area contributed by atoms with Gasteiger partial charge >= 0.3 is 0 Å². The van der Waals surface area contributed by atoms with E-state index < -0.39 is 5.82 Å². The molecular weight excluding hydrogens is 303 g/mol. The quantitative estimate of drug-likeness (QED) is 0.892. The highest BCUT2D eigenvalue weighted by Crippen LogP contribution is 2.21. The second kappa shape index (κ2) is 4.98. The molecule has 18 heavy (non-hydrogen) atoms. The van der Waals surface area contributed by atoms with Crippen molar-refractivity contribution in [1.29, 1.82) is 5.26 Å². The van der Waals surface area contributed by atoms with Gasteiger partial charge in [0.05, 0.1) is 11.9 Å². The second-order valence-corrected chi connectivity index (χ2v) is 4.12. The Labute approximate surface area is 109 Å². The summed E-state index contributed by atoms with van der Waals surface area (Å²) in [5.41, 5.74) is 0.0443. The van der Waals surface area contributed by atoms with E-state index in [0.717, 1.165) is 0 Å². The van der Waals surface area contributed by atoms with Gasteiger partial charge < -0.3 is 10.3 Å². The highest BCUT2D eigenvalue weighted by Gasteiger charge is 2.07. The van der Waals surface area contributed by atoms with Crippen LogP contribution in [0.25, 0.3) is 0 Å². The third kappa shape index (κ3) is 2.38. The van der Waals surface area contributed by atoms with Gasteiger partial charge in [-0.2, -0.15) is 5.26 Å². The largest absolute Gasteiger partial charge is 0.339 e. The molecule has 0 unspecified atom stereocenters. The molecule has 2 aromatic rings. The van der Waals surface area contributed by atoms with Crippen LogP contribution >= 0.6 is 15.9 Å². The van der Waals surface area contributed by atoms with Crippen LogP contribution < -0.4 is 10.9 Å². The van der Waals surface area contributed by atoms with Crippen LogP contribution in [0.5, 0.6) is 0 Å². The minimum atomic E-state index is -0.596. The number of nitriles is 1. The third-order valence-corrected chi connectivity index (χ3v) is 2.88. The van der Waals surface area contributed by atoms with Crippen molar-refractivity contribution in [2.24, 2.45) is 0 Å². The summed E-state index contributed by atoms with van der Waals surface area (Å²) in [6, 6.07) is 5.69. The summed E-state index contributed by atoms with van der Waals surface area (Å²) in [6.07, 6.45) is 1.24. The molecule has 0 amide bonds. The lowest BCUT2D eigenvalue weighted by Gasteiger charge is -2.06. The van der Waals surface area contributed by atoms with Gasteiger partial charge in [-0.25, -0.2) is 9.37 Å². The third-order valence-electron chi connectivity index (χ3n) is 2.15. The average Bonchev–Trinajstić information content (AvgIpc) is 2.37. The Kier molecular flexibility index (Phi) is 3.39. The molecule has 2 rings (SSSR count). The lowest BCUT2D eigenvalue weighted by atomic mass is 10.2. The van der Waals surface area contributed by atoms with Crippen LogP contribution in [0.1, 0.15) is 5.56 Å². The number of anilines is 2. The summed E-state index contributed by atoms with van der Waals surface area (Å²) < 4.78 is 13.4. The Morgan fingerprint density at radius 1 is 1.50 bits per heavy atom. The Bertz CT molecular complexity index is 692. The second-order valence-electron chi connectivity index (χ2n) is 3.33. The lowest BCUT2D eigenvalue weighted by molar-refractivity contribution is 0.624. The molecule has 0 spiro atoms. The van der Waals surface area contributed by atoms with Gasteiger partial charge in [-0.1, -0.05) is 0 Å². The molecule has 1 aromatic carbocycles. The SMILES string of the molecule is N#Cc1cc(Nc2nc[nH]c(=O)c2Br)ccc1F. The number of benzene rings is 1. The molecule has 0 bridgehead atoms. The molecule has 90 valence electrons. The maximum Gasteiger partial charge on any atom is 0.267 e. The van der Waals surface area contributed by atoms with Crippen LogP contribution in [-0.2, 0) is 0 Å². The van der Waals surface area contributed by atoms with E-state index in [1.54, 1.807) is 6.07 Å². The Balaban J connectivity index is 2.38. The first-order chi connectivity index (χ1) is 8.61. The highest BCUT2D eigenvalue weighted by molar-refractivity contribution is 9.10. The Morgan fingerprint density at radius 2 is 2.28 bits per heavy atom. The first-order valence-electron chi connectivity index (χ1n) is 4.81. The first-order valence-corrected chi connectivity index (χ1v) is 5.61. The fraction of sp³-hybridized carbons (Fsp3) is 0. The molecule has 0 saturated heterocycles. The van der Waals surface area contributed by atoms with Crippen LogP contribution in [0.3, 0.4) is 0 Å². The number of aromatic nitrogens is 2. The number of nitrogens with zero attached hydrogens (tertiary/aromatic N) is 2. The van der Waals surface area contributed by atoms with Gasteiger partial charge in [0.15, 0.2) is 5.82 Å². The molecule has 0 aliphatic rings. The van der Waals surface area contributed by atoms with E-state index in [0.29, 0.717) is 5.69 Å². The predicted octanol–water partition coefficient (Wildman–Crippen LogP) is 2.29. The van der Waals surface area contributed by atoms with E-state index in [2.05, 4.69) is 31.2 Å². The zero-order valence-electron chi connectivity index (χ0n) is 8.87. The van der Waals surface area contributed by atoms with Crippen LogP contribution in [0.15, 0.2) is 33.8 Å². The van der Waals surface area contributed by atoms with Crippen LogP contribution in [-0.4, -0.2) is 9.97 Å². The summed E-state index contributed by atoms with van der Waals surface area (Å²) in [7, 11) is 0. The normalized spacial score (nSPS) is 9.83. The molecule has 1 heterocycles. The number of aromatic amines is 1. The number of hydrogen-bond donors (Lipinski definition) is 2. The van der Waals surface area contributed by atoms with Crippen molar-refractivity contribution in [3.8, 4) is 6.07 Å². The van der Waals surface area contributed by atoms with Gasteiger partial charge in [0.1, 0.15) is 16.4 Å². The summed E-state index contributed by atoms with van der Waals surface area (Å²) >= 11 is 3.08. The van der Waals surface area contributed by atoms with Crippen molar-refractivity contribution < 1.29 is 4.39 Å². The zero-order valence-corrected chi connectivity index (χ0v) is 10.5. The number of halogens is 2. The van der Waals surface area contributed by atoms with Gasteiger partial charge in [0.25, 0.3) is 5.56 Å². The number of H-pyrrole nitrogens is 1. The smallest absolute Gasteiger partial charge is 0.267 e. The summed E-state index contributed by atoms with van der Waals surface area (Å²) in [5.74, 6) is -0.310. The van der Waals surface area contributed by atoms with Gasteiger partial charge in [-0.3, -0.25) is 4.79 Å². The van der Waals surface area contributed by atoms with Crippen molar-refractivity contribution in [1.82, 2.24) is 9.97 Å². The summed E-state index contributed by atoms with van der Waals surface area (Å²) in [6.45, 7) is 0. The summed E-state index contributed by atoms with van der Waals surface area (Å²) in [4.78, 5) is 17.6. The van der Waals surface area contributed by atoms with E-state index >= 15 is 0 Å². The molecule has 0 aliphatic carbocycles. The maximum absolute atomic E-state index is 13.1. The van der Waals surface area contributed by atoms with Gasteiger partial charge in [-0.15, -0.1) is 0 Å². The molecule has 0 fully saturated rings. The highest BCUT2D eigenvalue weighted by atomic mass is 79.9. The fourth-order valence-electron chi connectivity index (χ4n) is 1.30. The standard InChI is InChI=1S/C11H6BrFN4O/c12-9-10(15-5-16-11(9)18)17-7-1-2-8(13)6(3-7)4-14/h1-3,5H,(H2,15,16,17,18). The fourth-order valence-corrected chi connectivity index (χ4v) is 1.61. The Hall–Kier alpha value is -2.20. The van der Waals surface area contributed by atoms with Gasteiger partial charge in [0, 0.05) is 5.69 Å². The van der Waals surface area contributed by atoms with E-state index in [1.165, 1.54) is 24.5 Å². The molecular formula is C11H6BrFN4O. The number of rotatable bonds is 2. The minimum absolute atomic E-state index is 0.0824. The monoisotopic (exact) mass is 308 g/mol. The van der Waals surface area contributed by atoms with Crippen molar-refractivity contribution in [3.05, 3.63) is 50.7 Å². The molecule has 5 nitrogen and oxygen atoms in total. The average molecular weight is 309 g/mol. The van der Waals surface area contributed by atoms with Gasteiger partial charge in [0.2, 0.25) is 0 Å². The first kappa shape index (κ1) is 12.3. The van der Waals surface area contributed by atoms with Gasteiger partial charge in [-0.05, 0) is 34.1 Å². The van der Waals surface area contributed by atoms with Crippen LogP contribution in [0.4, 0.5) is 15.9 Å². The van der Waals surface area contributed by atoms with E-state index in [9.17, 15) is 9.18 Å². The van der Waals surface area contributed by atoms with Crippen molar-refractivity contribution >= 4 is 27.4 Å². The Morgan fingerprint density at radius 3 is 3.00 bits per heavy atom. The van der Waals surface area contributed by atoms with E-state index in [-0.39, 0.29) is 21.4 Å². The van der Waals surface area contributed by atoms with Crippen molar-refractivity contribution in [2.75, 3.05) is 5.32 Å². The minimum Gasteiger partial charge on any atom is -0.339 e. The zero-order chi connectivity index (χ0) is 13.1. The maximum atomic E-state index is 13.1. The topological polar surface area (TPSA) is 81.6 Å². The molecule has 0 saturated carbocycles. The summed E-state index contributed by atoms with van der Waals surface area (Å²) in [5, 5.41) is 11.5. The number of hydrogen-bond acceptors (Lipinski definition) is 4. The van der Waals surface area contributed by atoms with Crippen molar-refractivity contribution in [3.63, 3.8) is 0 Å². The molecule has 0 radical (unpaired) electrons. The van der Waals surface area contributed by atoms with Crippen molar-refractivity contribution in [2.45, 2.75) is 0 Å². The van der Waals surface area contributed by atoms with E-state index in [1.807, 2.05) is 0 Å². The predicted molar refractivity (Wildman–Crippen MR) is 67.0 cm³/mol. The molecule has 7 heteroatoms. The van der Waals surface area contributed by atoms with E-state index in [4.69, 9.17) is 5.26 Å². The number of nitrogens with one attached hydrogen (secondary N) is 2. The van der Waals surface area contributed by atoms with Crippen LogP contribution in [0, 0.1) is 17.1 Å². The molecule has 2 N–H and O–H groups in total. The lowest BCUT2D eigenvalue weighted by Crippen LogP contribution is -2.10. The molecule has 0 aliphatic heterocycles. The molecule has 1 aromatic heterocycles. The van der Waals surface area contributed by atoms with Crippen LogP contribution in [0.2, 0.25) is 0 Å². The molecule has 0 atom stereocenters.